The Morgan fingerprint density at radius 3 is 1.78 bits per heavy atom. The first-order valence-electron chi connectivity index (χ1n) is 24.8. The van der Waals surface area contributed by atoms with Crippen LogP contribution in [0.25, 0.3) is 0 Å². The Morgan fingerprint density at radius 2 is 1.38 bits per heavy atom. The predicted molar refractivity (Wildman–Crippen MR) is 286 cm³/mol. The fourth-order valence-corrected chi connectivity index (χ4v) is 9.62. The number of nitrogens with zero attached hydrogens (tertiary/aromatic N) is 4. The van der Waals surface area contributed by atoms with Crippen LogP contribution in [-0.4, -0.2) is 240 Å². The van der Waals surface area contributed by atoms with Gasteiger partial charge in [-0.1, -0.05) is 19.6 Å². The highest BCUT2D eigenvalue weighted by molar-refractivity contribution is 7.86. The Labute approximate surface area is 491 Å². The van der Waals surface area contributed by atoms with Crippen molar-refractivity contribution in [3.8, 4) is 6.01 Å². The highest BCUT2D eigenvalue weighted by Gasteiger charge is 2.62. The van der Waals surface area contributed by atoms with Crippen molar-refractivity contribution >= 4 is 63.2 Å². The molecule has 15 atom stereocenters. The molecule has 86 heavy (non-hydrogen) atoms. The third kappa shape index (κ3) is 22.6. The third-order valence-electron chi connectivity index (χ3n) is 11.1. The van der Waals surface area contributed by atoms with Crippen molar-refractivity contribution in [3.05, 3.63) is 35.0 Å². The molecular formula is C43H72F10N6O22P2SSi2. The number of aliphatic hydroxyl groups excluding tert-OH is 8. The van der Waals surface area contributed by atoms with Crippen LogP contribution in [-0.2, 0) is 56.6 Å². The van der Waals surface area contributed by atoms with E-state index in [1.165, 1.54) is 0 Å². The number of carbonyl (C=O) groups excluding carboxylic acids is 1. The number of nitrogens with two attached hydrogens (primary N) is 1. The minimum absolute atomic E-state index is 0.00238. The lowest BCUT2D eigenvalue weighted by Crippen LogP contribution is -2.42. The second kappa shape index (κ2) is 31.2. The Balaban J connectivity index is 0.000000354. The summed E-state index contributed by atoms with van der Waals surface area (Å²) in [5, 5.41) is 70.6. The molecule has 0 bridgehead atoms. The van der Waals surface area contributed by atoms with Crippen molar-refractivity contribution in [2.75, 3.05) is 50.0 Å². The number of carbonyl (C=O) groups is 1. The quantitative estimate of drug-likeness (QED) is 0.0386. The molecule has 13 unspecified atom stereocenters. The van der Waals surface area contributed by atoms with E-state index < -0.39 is 173 Å². The number of anilines is 2. The Morgan fingerprint density at radius 1 is 0.837 bits per heavy atom. The number of alkyl halides is 10. The average molecular weight is 1370 g/mol. The van der Waals surface area contributed by atoms with E-state index in [2.05, 4.69) is 86.7 Å². The van der Waals surface area contributed by atoms with E-state index in [1.807, 2.05) is 15.5 Å². The zero-order valence-electron chi connectivity index (χ0n) is 47.4. The van der Waals surface area contributed by atoms with Crippen molar-refractivity contribution in [1.29, 1.82) is 0 Å². The number of nitrogens with one attached hydrogen (secondary N) is 1. The molecule has 43 heteroatoms. The van der Waals surface area contributed by atoms with Crippen LogP contribution < -0.4 is 20.8 Å². The Kier molecular flexibility index (Phi) is 28.6. The summed E-state index contributed by atoms with van der Waals surface area (Å²) < 4.78 is 198. The number of nitrogen functional groups attached to an aromatic ring is 1. The molecule has 500 valence electrons. The number of aliphatic hydroxyl groups is 8. The SMILES string of the molecule is CC1(C)OC[C@H]([C@@H](O)C(C)(F)F)O1.CS(=O)(=O)OC1OC(CO)C(O)C1(F)F.C[Si](C)(C)Nc1ccnc(O[Si](C)(C)C)n1.Nc1ccn(C2OC(CO)C(O)C2(F)F)c(=O)n1.O=C1OC(CO)C(O)C1(F)F.OC1OC(COP)C(OP)C1(F)F. The van der Waals surface area contributed by atoms with E-state index >= 15 is 0 Å². The molecule has 5 fully saturated rings. The van der Waals surface area contributed by atoms with E-state index in [0.717, 1.165) is 18.1 Å². The molecule has 0 radical (unpaired) electrons. The van der Waals surface area contributed by atoms with Crippen molar-refractivity contribution in [2.45, 2.75) is 175 Å². The van der Waals surface area contributed by atoms with Crippen LogP contribution >= 0.6 is 18.9 Å². The van der Waals surface area contributed by atoms with E-state index in [9.17, 15) is 67.0 Å². The fourth-order valence-electron chi connectivity index (χ4n) is 7.03. The maximum absolute atomic E-state index is 13.7. The van der Waals surface area contributed by atoms with E-state index in [-0.39, 0.29) is 19.0 Å². The van der Waals surface area contributed by atoms with E-state index in [4.69, 9.17) is 60.1 Å². The minimum Gasteiger partial charge on any atom is -0.518 e. The normalized spacial score (nSPS) is 29.8. The van der Waals surface area contributed by atoms with Gasteiger partial charge in [-0.25, -0.2) is 27.5 Å². The summed E-state index contributed by atoms with van der Waals surface area (Å²) in [7, 11) is -3.49. The first kappa shape index (κ1) is 78.8. The summed E-state index contributed by atoms with van der Waals surface area (Å²) >= 11 is 0. The third-order valence-corrected chi connectivity index (χ3v) is 13.9. The lowest BCUT2D eigenvalue weighted by Gasteiger charge is -2.24. The molecule has 0 aromatic carbocycles. The van der Waals surface area contributed by atoms with Crippen LogP contribution in [0.1, 0.15) is 27.0 Å². The smallest absolute Gasteiger partial charge is 0.380 e. The van der Waals surface area contributed by atoms with Crippen molar-refractivity contribution in [1.82, 2.24) is 19.5 Å². The maximum atomic E-state index is 13.7. The van der Waals surface area contributed by atoms with Gasteiger partial charge in [0.25, 0.3) is 16.0 Å². The maximum Gasteiger partial charge on any atom is 0.380 e. The monoisotopic (exact) mass is 1360 g/mol. The summed E-state index contributed by atoms with van der Waals surface area (Å²) in [6.45, 7) is 14.4. The molecule has 0 aliphatic carbocycles. The number of hydrogen-bond donors (Lipinski definition) is 10. The summed E-state index contributed by atoms with van der Waals surface area (Å²) in [4.78, 5) is 36.9. The Bertz CT molecular complexity index is 2620. The molecule has 5 aliphatic heterocycles. The van der Waals surface area contributed by atoms with Gasteiger partial charge in [-0.05, 0) is 45.6 Å². The molecular weight excluding hydrogens is 1290 g/mol. The van der Waals surface area contributed by atoms with Crippen LogP contribution in [0.15, 0.2) is 29.3 Å². The van der Waals surface area contributed by atoms with Gasteiger partial charge in [0.15, 0.2) is 36.3 Å². The standard InChI is InChI=1S/C10H21N3OSi2.C9H11F2N3O4.C8H14F2O3.C6H10F2O6S.C5H10F2O4P2.C5H6F2O4/c1-15(2,3)13-9-7-8-11-10(12-9)14-16(4,5)6;10-9(11)6(16)4(3-15)18-7(9)14-2-1-5(12)13-8(14)17;1-7(2)12-4-5(13-7)6(11)8(3,9)10;1-15(11,12)14-5-6(7,8)4(10)3(2-9)13-5;6-5(7)3(11-13)2(1-9-12)10-4(5)8;6-5(7)3(9)2(1-8)11-4(5)10/h7-8H,1-6H3,(H,11,12,13);1-2,4,6-7,15-16H,3H2,(H2,12,13,17);5-6,11H,4H2,1-3H3;3-5,9-10H,2H2,1H3;2-4,8H,1,12-13H2;2-3,8-9H,1H2/t;;5-,6-;;;/m..1.../s1. The Hall–Kier alpha value is -3.27. The topological polar surface area (TPSA) is 404 Å². The second-order valence-electron chi connectivity index (χ2n) is 21.3. The summed E-state index contributed by atoms with van der Waals surface area (Å²) in [6, 6.07) is 3.52. The van der Waals surface area contributed by atoms with Gasteiger partial charge >= 0.3 is 41.4 Å². The zero-order valence-corrected chi connectivity index (χ0v) is 52.5. The van der Waals surface area contributed by atoms with Crippen LogP contribution in [0.4, 0.5) is 55.5 Å². The van der Waals surface area contributed by atoms with Crippen molar-refractivity contribution in [3.63, 3.8) is 0 Å². The molecule has 28 nitrogen and oxygen atoms in total. The van der Waals surface area contributed by atoms with Gasteiger partial charge in [0.2, 0.25) is 27.1 Å². The van der Waals surface area contributed by atoms with Crippen molar-refractivity contribution < 1.29 is 144 Å². The van der Waals surface area contributed by atoms with Crippen molar-refractivity contribution in [2.24, 2.45) is 0 Å². The molecule has 2 aromatic rings. The highest BCUT2D eigenvalue weighted by Crippen LogP contribution is 2.43. The fraction of sp³-hybridized carbons (Fsp3) is 0.791. The van der Waals surface area contributed by atoms with Crippen LogP contribution in [0, 0.1) is 0 Å². The number of esters is 1. The molecule has 5 saturated heterocycles. The van der Waals surface area contributed by atoms with Crippen LogP contribution in [0.3, 0.4) is 0 Å². The summed E-state index contributed by atoms with van der Waals surface area (Å²) in [5.41, 5.74) is 4.21. The lowest BCUT2D eigenvalue weighted by atomic mass is 10.1. The average Bonchev–Trinajstić information content (AvgIpc) is 1.98. The molecule has 0 saturated carbocycles. The molecule has 0 amide bonds. The highest BCUT2D eigenvalue weighted by atomic mass is 32.2. The minimum atomic E-state index is -4.13. The van der Waals surface area contributed by atoms with Gasteiger partial charge in [-0.15, -0.1) is 0 Å². The number of halogens is 10. The summed E-state index contributed by atoms with van der Waals surface area (Å²) in [5.74, 6) is -20.0. The first-order valence-corrected chi connectivity index (χ1v) is 34.5. The number of hydrogen-bond acceptors (Lipinski definition) is 27. The van der Waals surface area contributed by atoms with Gasteiger partial charge in [0.1, 0.15) is 50.4 Å². The number of ether oxygens (including phenoxy) is 6. The first-order chi connectivity index (χ1) is 39.0. The van der Waals surface area contributed by atoms with Gasteiger partial charge < -0.3 is 93.5 Å². The molecule has 5 aliphatic rings. The van der Waals surface area contributed by atoms with Gasteiger partial charge in [0.05, 0.1) is 39.3 Å². The molecule has 2 aromatic heterocycles. The number of cyclic esters (lactones) is 1. The van der Waals surface area contributed by atoms with Gasteiger partial charge in [-0.3, -0.25) is 4.57 Å². The number of aromatic nitrogens is 4. The second-order valence-corrected chi connectivity index (χ2v) is 32.7. The zero-order chi connectivity index (χ0) is 66.7. The molecule has 7 rings (SSSR count). The van der Waals surface area contributed by atoms with E-state index in [1.54, 1.807) is 29.5 Å². The van der Waals surface area contributed by atoms with Gasteiger partial charge in [0, 0.05) is 38.3 Å². The summed E-state index contributed by atoms with van der Waals surface area (Å²) in [6.07, 6.45) is -19.7. The van der Waals surface area contributed by atoms with Crippen LogP contribution in [0.5, 0.6) is 6.01 Å². The van der Waals surface area contributed by atoms with E-state index in [0.29, 0.717) is 23.8 Å². The predicted octanol–water partition coefficient (Wildman–Crippen LogP) is 0.700. The lowest BCUT2D eigenvalue weighted by molar-refractivity contribution is -0.196. The number of rotatable bonds is 15. The van der Waals surface area contributed by atoms with Crippen LogP contribution in [0.2, 0.25) is 39.3 Å². The molecule has 0 spiro atoms. The van der Waals surface area contributed by atoms with Gasteiger partial charge in [-0.2, -0.15) is 53.5 Å². The molecule has 11 N–H and O–H groups in total. The molecule has 7 heterocycles. The largest absolute Gasteiger partial charge is 0.518 e.